The highest BCUT2D eigenvalue weighted by Crippen LogP contribution is 2.46. The summed E-state index contributed by atoms with van der Waals surface area (Å²) in [5.74, 6) is 0. The molecule has 0 aliphatic heterocycles. The van der Waals surface area contributed by atoms with Gasteiger partial charge in [-0.1, -0.05) is 109 Å². The molecule has 7 aromatic carbocycles. The summed E-state index contributed by atoms with van der Waals surface area (Å²) in [5.41, 5.74) is 9.74. The summed E-state index contributed by atoms with van der Waals surface area (Å²) in [6.07, 6.45) is 0. The molecule has 10 aromatic rings. The Morgan fingerprint density at radius 3 is 1.60 bits per heavy atom. The van der Waals surface area contributed by atoms with Crippen LogP contribution in [0.1, 0.15) is 0 Å². The first-order valence-electron chi connectivity index (χ1n) is 15.4. The number of hydrogen-bond donors (Lipinski definition) is 0. The Morgan fingerprint density at radius 1 is 0.378 bits per heavy atom. The van der Waals surface area contributed by atoms with Crippen LogP contribution in [0, 0.1) is 0 Å². The van der Waals surface area contributed by atoms with E-state index < -0.39 is 0 Å². The molecule has 10 rings (SSSR count). The van der Waals surface area contributed by atoms with Crippen LogP contribution < -0.4 is 0 Å². The van der Waals surface area contributed by atoms with Gasteiger partial charge in [0.15, 0.2) is 0 Å². The van der Waals surface area contributed by atoms with Gasteiger partial charge in [0.1, 0.15) is 0 Å². The van der Waals surface area contributed by atoms with E-state index in [1.807, 2.05) is 11.3 Å². The Kier molecular flexibility index (Phi) is 5.19. The van der Waals surface area contributed by atoms with E-state index in [2.05, 4.69) is 167 Å². The fourth-order valence-electron chi connectivity index (χ4n) is 7.41. The number of fused-ring (bicyclic) bond motifs is 9. The lowest BCUT2D eigenvalue weighted by molar-refractivity contribution is 1.18. The topological polar surface area (TPSA) is 9.86 Å². The highest BCUT2D eigenvalue weighted by molar-refractivity contribution is 7.26. The highest BCUT2D eigenvalue weighted by Gasteiger charge is 2.21. The molecule has 45 heavy (non-hydrogen) atoms. The molecule has 3 aromatic heterocycles. The van der Waals surface area contributed by atoms with Gasteiger partial charge in [-0.05, 0) is 54.1 Å². The zero-order valence-electron chi connectivity index (χ0n) is 24.3. The third-order valence-electron chi connectivity index (χ3n) is 9.32. The smallest absolute Gasteiger partial charge is 0.0555 e. The van der Waals surface area contributed by atoms with Gasteiger partial charge in [-0.15, -0.1) is 11.3 Å². The maximum absolute atomic E-state index is 2.47. The molecular weight excluding hydrogens is 565 g/mol. The van der Waals surface area contributed by atoms with Crippen molar-refractivity contribution in [3.05, 3.63) is 158 Å². The minimum absolute atomic E-state index is 1.17. The molecule has 0 aliphatic carbocycles. The quantitative estimate of drug-likeness (QED) is 0.194. The van der Waals surface area contributed by atoms with Crippen LogP contribution in [0.5, 0.6) is 0 Å². The minimum atomic E-state index is 1.17. The molecule has 0 spiro atoms. The number of hydrogen-bond acceptors (Lipinski definition) is 1. The van der Waals surface area contributed by atoms with Crippen molar-refractivity contribution in [3.63, 3.8) is 0 Å². The fourth-order valence-corrected chi connectivity index (χ4v) is 8.67. The van der Waals surface area contributed by atoms with Crippen molar-refractivity contribution in [3.8, 4) is 22.5 Å². The summed E-state index contributed by atoms with van der Waals surface area (Å²) in [5, 5.41) is 7.70. The van der Waals surface area contributed by atoms with E-state index in [-0.39, 0.29) is 0 Å². The zero-order chi connectivity index (χ0) is 29.5. The second-order valence-corrected chi connectivity index (χ2v) is 12.8. The van der Waals surface area contributed by atoms with Gasteiger partial charge in [0.05, 0.1) is 27.8 Å². The third kappa shape index (κ3) is 3.50. The molecule has 0 N–H and O–H groups in total. The molecule has 0 amide bonds. The zero-order valence-corrected chi connectivity index (χ0v) is 25.1. The van der Waals surface area contributed by atoms with Gasteiger partial charge >= 0.3 is 0 Å². The number of rotatable bonds is 3. The summed E-state index contributed by atoms with van der Waals surface area (Å²) in [6, 6.07) is 57.6. The number of nitrogens with zero attached hydrogens (tertiary/aromatic N) is 2. The average molecular weight is 591 g/mol. The van der Waals surface area contributed by atoms with Gasteiger partial charge in [0.25, 0.3) is 0 Å². The molecule has 0 unspecified atom stereocenters. The van der Waals surface area contributed by atoms with E-state index in [9.17, 15) is 0 Å². The maximum Gasteiger partial charge on any atom is 0.0555 e. The van der Waals surface area contributed by atoms with Gasteiger partial charge in [-0.2, -0.15) is 0 Å². The van der Waals surface area contributed by atoms with E-state index in [0.717, 1.165) is 0 Å². The molecule has 0 radical (unpaired) electrons. The first-order chi connectivity index (χ1) is 22.3. The van der Waals surface area contributed by atoms with Crippen molar-refractivity contribution >= 4 is 75.1 Å². The molecule has 0 fully saturated rings. The first kappa shape index (κ1) is 24.8. The summed E-state index contributed by atoms with van der Waals surface area (Å²) >= 11 is 1.90. The van der Waals surface area contributed by atoms with Gasteiger partial charge in [-0.25, -0.2) is 0 Å². The first-order valence-corrected chi connectivity index (χ1v) is 16.2. The lowest BCUT2D eigenvalue weighted by Gasteiger charge is -2.16. The Morgan fingerprint density at radius 2 is 0.911 bits per heavy atom. The molecule has 2 nitrogen and oxygen atoms in total. The van der Waals surface area contributed by atoms with Crippen molar-refractivity contribution in [2.24, 2.45) is 0 Å². The van der Waals surface area contributed by atoms with Crippen LogP contribution in [0.25, 0.3) is 86.3 Å². The molecule has 3 heterocycles. The number of aromatic nitrogens is 2. The maximum atomic E-state index is 2.47. The van der Waals surface area contributed by atoms with Gasteiger partial charge in [-0.3, -0.25) is 0 Å². The second-order valence-electron chi connectivity index (χ2n) is 11.7. The Hall–Kier alpha value is -5.64. The minimum Gasteiger partial charge on any atom is -0.309 e. The highest BCUT2D eigenvalue weighted by atomic mass is 32.1. The Bertz CT molecular complexity index is 2710. The Balaban J connectivity index is 1.37. The van der Waals surface area contributed by atoms with Crippen molar-refractivity contribution in [2.45, 2.75) is 0 Å². The van der Waals surface area contributed by atoms with Crippen LogP contribution in [0.2, 0.25) is 0 Å². The number of benzene rings is 7. The molecule has 0 atom stereocenters. The number of para-hydroxylation sites is 4. The van der Waals surface area contributed by atoms with E-state index in [1.54, 1.807) is 0 Å². The van der Waals surface area contributed by atoms with Gasteiger partial charge in [0.2, 0.25) is 0 Å². The van der Waals surface area contributed by atoms with Crippen LogP contribution >= 0.6 is 11.3 Å². The van der Waals surface area contributed by atoms with E-state index in [0.29, 0.717) is 0 Å². The van der Waals surface area contributed by atoms with Crippen molar-refractivity contribution < 1.29 is 0 Å². The van der Waals surface area contributed by atoms with E-state index >= 15 is 0 Å². The summed E-state index contributed by atoms with van der Waals surface area (Å²) in [7, 11) is 0. The van der Waals surface area contributed by atoms with Crippen LogP contribution in [-0.4, -0.2) is 9.13 Å². The van der Waals surface area contributed by atoms with Gasteiger partial charge in [0, 0.05) is 53.0 Å². The van der Waals surface area contributed by atoms with Crippen LogP contribution in [0.15, 0.2) is 158 Å². The van der Waals surface area contributed by atoms with E-state index in [4.69, 9.17) is 0 Å². The van der Waals surface area contributed by atoms with E-state index in [1.165, 1.54) is 86.3 Å². The van der Waals surface area contributed by atoms with Crippen molar-refractivity contribution in [2.75, 3.05) is 0 Å². The van der Waals surface area contributed by atoms with Crippen LogP contribution in [-0.2, 0) is 0 Å². The molecule has 3 heteroatoms. The monoisotopic (exact) mass is 590 g/mol. The molecular formula is C42H26N2S. The largest absolute Gasteiger partial charge is 0.309 e. The standard InChI is InChI=1S/C42H26N2S/c1-2-12-28(13-3-1)43-35-18-8-4-16-31(35)32-23-22-27(26-39(32)43)41-38(25-24-34-33-17-7-11-21-40(33)45-42(34)41)44-36-19-9-5-14-29(36)30-15-6-10-20-37(30)44/h1-26H. The Labute approximate surface area is 263 Å². The molecule has 210 valence electrons. The fraction of sp³-hybridized carbons (Fsp3) is 0. The van der Waals surface area contributed by atoms with Crippen molar-refractivity contribution in [1.82, 2.24) is 9.13 Å². The normalized spacial score (nSPS) is 12.0. The summed E-state index contributed by atoms with van der Waals surface area (Å²) in [4.78, 5) is 0. The number of thiophene rings is 1. The lowest BCUT2D eigenvalue weighted by Crippen LogP contribution is -1.98. The van der Waals surface area contributed by atoms with Crippen LogP contribution in [0.4, 0.5) is 0 Å². The molecule has 0 saturated heterocycles. The summed E-state index contributed by atoms with van der Waals surface area (Å²) in [6.45, 7) is 0. The molecule has 0 saturated carbocycles. The van der Waals surface area contributed by atoms with Crippen LogP contribution in [0.3, 0.4) is 0 Å². The lowest BCUT2D eigenvalue weighted by atomic mass is 9.98. The predicted octanol–water partition coefficient (Wildman–Crippen LogP) is 11.9. The second kappa shape index (κ2) is 9.43. The molecule has 0 bridgehead atoms. The van der Waals surface area contributed by atoms with Crippen molar-refractivity contribution in [1.29, 1.82) is 0 Å². The SMILES string of the molecule is c1ccc(-n2c3ccccc3c3ccc(-c4c(-n5c6ccccc6c6ccccc65)ccc5c4sc4ccccc45)cc32)cc1. The third-order valence-corrected chi connectivity index (χ3v) is 10.5. The predicted molar refractivity (Wildman–Crippen MR) is 193 cm³/mol. The van der Waals surface area contributed by atoms with Gasteiger partial charge < -0.3 is 9.13 Å². The summed E-state index contributed by atoms with van der Waals surface area (Å²) < 4.78 is 7.52. The molecule has 0 aliphatic rings. The average Bonchev–Trinajstić information content (AvgIpc) is 3.76.